The predicted octanol–water partition coefficient (Wildman–Crippen LogP) is 4.68. The fraction of sp³-hybridized carbons (Fsp3) is 0.500. The lowest BCUT2D eigenvalue weighted by Gasteiger charge is -2.08. The molecule has 14 heavy (non-hydrogen) atoms. The number of hydrogen-bond acceptors (Lipinski definition) is 0. The summed E-state index contributed by atoms with van der Waals surface area (Å²) < 4.78 is 0. The van der Waals surface area contributed by atoms with Crippen LogP contribution in [0.1, 0.15) is 31.7 Å². The van der Waals surface area contributed by atoms with E-state index in [1.807, 2.05) is 18.2 Å². The van der Waals surface area contributed by atoms with Gasteiger partial charge in [-0.15, -0.1) is 11.6 Å². The summed E-state index contributed by atoms with van der Waals surface area (Å²) in [4.78, 5) is 0. The third kappa shape index (κ3) is 3.89. The number of benzene rings is 1. The van der Waals surface area contributed by atoms with Gasteiger partial charge in [-0.1, -0.05) is 43.1 Å². The van der Waals surface area contributed by atoms with Crippen LogP contribution in [-0.4, -0.2) is 5.38 Å². The molecule has 0 radical (unpaired) electrons. The Bertz CT molecular complexity index is 271. The summed E-state index contributed by atoms with van der Waals surface area (Å²) >= 11 is 12.2. The smallest absolute Gasteiger partial charge is 0.0437 e. The number of hydrogen-bond donors (Lipinski definition) is 0. The zero-order chi connectivity index (χ0) is 10.4. The van der Waals surface area contributed by atoms with Gasteiger partial charge in [-0.2, -0.15) is 0 Å². The molecule has 2 heteroatoms. The van der Waals surface area contributed by atoms with E-state index in [1.165, 1.54) is 5.56 Å². The molecule has 0 aliphatic carbocycles. The van der Waals surface area contributed by atoms with Crippen LogP contribution in [0.15, 0.2) is 24.3 Å². The van der Waals surface area contributed by atoms with E-state index in [9.17, 15) is 0 Å². The molecule has 1 aromatic rings. The quantitative estimate of drug-likeness (QED) is 0.645. The fourth-order valence-corrected chi connectivity index (χ4v) is 2.03. The summed E-state index contributed by atoms with van der Waals surface area (Å²) in [5, 5.41) is 1.14. The van der Waals surface area contributed by atoms with Crippen LogP contribution < -0.4 is 0 Å². The zero-order valence-corrected chi connectivity index (χ0v) is 9.98. The van der Waals surface area contributed by atoms with Crippen molar-refractivity contribution in [1.29, 1.82) is 0 Å². The maximum Gasteiger partial charge on any atom is 0.0437 e. The maximum absolute atomic E-state index is 6.14. The normalized spacial score (nSPS) is 12.8. The first-order valence-corrected chi connectivity index (χ1v) is 5.93. The predicted molar refractivity (Wildman–Crippen MR) is 64.3 cm³/mol. The molecule has 0 heterocycles. The van der Waals surface area contributed by atoms with Crippen LogP contribution in [-0.2, 0) is 6.42 Å². The van der Waals surface area contributed by atoms with Crippen LogP contribution in [0.2, 0.25) is 5.02 Å². The highest BCUT2D eigenvalue weighted by Gasteiger charge is 2.05. The van der Waals surface area contributed by atoms with Crippen molar-refractivity contribution in [1.82, 2.24) is 0 Å². The Morgan fingerprint density at radius 1 is 1.21 bits per heavy atom. The van der Waals surface area contributed by atoms with E-state index in [0.717, 1.165) is 30.7 Å². The Kier molecular flexibility index (Phi) is 5.36. The average Bonchev–Trinajstić information content (AvgIpc) is 2.17. The molecule has 1 aromatic carbocycles. The second kappa shape index (κ2) is 6.31. The summed E-state index contributed by atoms with van der Waals surface area (Å²) in [6.45, 7) is 2.16. The second-order valence-corrected chi connectivity index (χ2v) is 4.54. The van der Waals surface area contributed by atoms with E-state index in [1.54, 1.807) is 0 Å². The van der Waals surface area contributed by atoms with Crippen molar-refractivity contribution in [3.63, 3.8) is 0 Å². The van der Waals surface area contributed by atoms with Crippen LogP contribution in [0.3, 0.4) is 0 Å². The Hall–Kier alpha value is -0.200. The van der Waals surface area contributed by atoms with Gasteiger partial charge in [0, 0.05) is 10.4 Å². The molecular weight excluding hydrogens is 215 g/mol. The molecule has 0 aromatic heterocycles. The first-order valence-electron chi connectivity index (χ1n) is 5.11. The number of aryl methyl sites for hydroxylation is 1. The van der Waals surface area contributed by atoms with Gasteiger partial charge in [0.15, 0.2) is 0 Å². The number of rotatable bonds is 5. The van der Waals surface area contributed by atoms with Crippen LogP contribution >= 0.6 is 23.2 Å². The summed E-state index contributed by atoms with van der Waals surface area (Å²) in [6.07, 6.45) is 4.23. The molecule has 78 valence electrons. The second-order valence-electron chi connectivity index (χ2n) is 3.52. The van der Waals surface area contributed by atoms with E-state index < -0.39 is 0 Å². The largest absolute Gasteiger partial charge is 0.123 e. The monoisotopic (exact) mass is 230 g/mol. The van der Waals surface area contributed by atoms with Gasteiger partial charge in [0.05, 0.1) is 0 Å². The molecule has 0 amide bonds. The third-order valence-electron chi connectivity index (χ3n) is 2.29. The Labute approximate surface area is 96.2 Å². The lowest BCUT2D eigenvalue weighted by Crippen LogP contribution is -2.00. The van der Waals surface area contributed by atoms with Crippen molar-refractivity contribution in [2.75, 3.05) is 0 Å². The third-order valence-corrected chi connectivity index (χ3v) is 3.09. The highest BCUT2D eigenvalue weighted by atomic mass is 35.5. The maximum atomic E-state index is 6.14. The van der Waals surface area contributed by atoms with Crippen LogP contribution in [0, 0.1) is 0 Å². The molecule has 0 spiro atoms. The SMILES string of the molecule is CCCC(Cl)CCc1ccccc1Cl. The van der Waals surface area contributed by atoms with E-state index in [0.29, 0.717) is 0 Å². The van der Waals surface area contributed by atoms with Crippen LogP contribution in [0.25, 0.3) is 0 Å². The van der Waals surface area contributed by atoms with Crippen molar-refractivity contribution < 1.29 is 0 Å². The summed E-state index contributed by atoms with van der Waals surface area (Å²) in [6, 6.07) is 7.97. The fourth-order valence-electron chi connectivity index (χ4n) is 1.47. The molecule has 0 saturated carbocycles. The van der Waals surface area contributed by atoms with Gasteiger partial charge >= 0.3 is 0 Å². The van der Waals surface area contributed by atoms with E-state index in [2.05, 4.69) is 13.0 Å². The van der Waals surface area contributed by atoms with Gasteiger partial charge in [-0.3, -0.25) is 0 Å². The molecule has 0 nitrogen and oxygen atoms in total. The number of halogens is 2. The van der Waals surface area contributed by atoms with E-state index in [-0.39, 0.29) is 5.38 Å². The minimum absolute atomic E-state index is 0.288. The molecule has 0 bridgehead atoms. The van der Waals surface area contributed by atoms with Crippen LogP contribution in [0.4, 0.5) is 0 Å². The highest BCUT2D eigenvalue weighted by molar-refractivity contribution is 6.31. The molecule has 1 rings (SSSR count). The van der Waals surface area contributed by atoms with Crippen molar-refractivity contribution in [3.05, 3.63) is 34.9 Å². The minimum atomic E-state index is 0.288. The Balaban J connectivity index is 2.41. The van der Waals surface area contributed by atoms with Gasteiger partial charge in [-0.05, 0) is 30.9 Å². The van der Waals surface area contributed by atoms with Gasteiger partial charge in [0.25, 0.3) is 0 Å². The summed E-state index contributed by atoms with van der Waals surface area (Å²) in [7, 11) is 0. The first kappa shape index (κ1) is 11.9. The minimum Gasteiger partial charge on any atom is -0.123 e. The standard InChI is InChI=1S/C12H16Cl2/c1-2-5-11(13)9-8-10-6-3-4-7-12(10)14/h3-4,6-7,11H,2,5,8-9H2,1H3. The Morgan fingerprint density at radius 3 is 2.57 bits per heavy atom. The molecule has 0 aliphatic rings. The lowest BCUT2D eigenvalue weighted by atomic mass is 10.1. The van der Waals surface area contributed by atoms with Gasteiger partial charge in [0.2, 0.25) is 0 Å². The highest BCUT2D eigenvalue weighted by Crippen LogP contribution is 2.19. The zero-order valence-electron chi connectivity index (χ0n) is 8.47. The van der Waals surface area contributed by atoms with Crippen molar-refractivity contribution in [2.45, 2.75) is 38.0 Å². The molecule has 0 saturated heterocycles. The van der Waals surface area contributed by atoms with Crippen LogP contribution in [0.5, 0.6) is 0 Å². The molecule has 0 fully saturated rings. The van der Waals surface area contributed by atoms with Gasteiger partial charge in [0.1, 0.15) is 0 Å². The molecule has 1 unspecified atom stereocenters. The van der Waals surface area contributed by atoms with Gasteiger partial charge < -0.3 is 0 Å². The van der Waals surface area contributed by atoms with Crippen molar-refractivity contribution in [3.8, 4) is 0 Å². The average molecular weight is 231 g/mol. The Morgan fingerprint density at radius 2 is 1.93 bits per heavy atom. The topological polar surface area (TPSA) is 0 Å². The number of alkyl halides is 1. The molecule has 0 N–H and O–H groups in total. The lowest BCUT2D eigenvalue weighted by molar-refractivity contribution is 0.676. The van der Waals surface area contributed by atoms with Crippen molar-refractivity contribution in [2.24, 2.45) is 0 Å². The summed E-state index contributed by atoms with van der Waals surface area (Å²) in [5.41, 5.74) is 1.20. The summed E-state index contributed by atoms with van der Waals surface area (Å²) in [5.74, 6) is 0. The van der Waals surface area contributed by atoms with E-state index >= 15 is 0 Å². The molecular formula is C12H16Cl2. The van der Waals surface area contributed by atoms with Crippen molar-refractivity contribution >= 4 is 23.2 Å². The first-order chi connectivity index (χ1) is 6.74. The molecule has 0 aliphatic heterocycles. The molecule has 1 atom stereocenters. The van der Waals surface area contributed by atoms with Gasteiger partial charge in [-0.25, -0.2) is 0 Å². The van der Waals surface area contributed by atoms with E-state index in [4.69, 9.17) is 23.2 Å².